The lowest BCUT2D eigenvalue weighted by molar-refractivity contribution is 0.0538. The minimum Gasteiger partial charge on any atom is -0.285 e. The van der Waals surface area contributed by atoms with Crippen LogP contribution in [-0.2, 0) is 10.1 Å². The molecule has 0 atom stereocenters. The Hall–Kier alpha value is -0.950. The maximum atomic E-state index is 11.7. The molecule has 5 nitrogen and oxygen atoms in total. The Morgan fingerprint density at radius 1 is 0.952 bits per heavy atom. The van der Waals surface area contributed by atoms with Crippen molar-refractivity contribution in [3.63, 3.8) is 0 Å². The Balaban J connectivity index is 3.46. The zero-order valence-electron chi connectivity index (χ0n) is 13.3. The molecule has 0 unspecified atom stereocenters. The van der Waals surface area contributed by atoms with Gasteiger partial charge in [-0.25, -0.2) is 0 Å². The molecule has 6 heteroatoms. The van der Waals surface area contributed by atoms with Crippen molar-refractivity contribution in [3.8, 4) is 0 Å². The van der Waals surface area contributed by atoms with Crippen LogP contribution in [0.2, 0.25) is 0 Å². The van der Waals surface area contributed by atoms with Crippen molar-refractivity contribution in [2.24, 2.45) is 0 Å². The van der Waals surface area contributed by atoms with Crippen LogP contribution in [0.4, 0.5) is 0 Å². The van der Waals surface area contributed by atoms with E-state index in [1.807, 2.05) is 6.07 Å². The van der Waals surface area contributed by atoms with Gasteiger partial charge in [-0.3, -0.25) is 14.4 Å². The maximum absolute atomic E-state index is 11.7. The van der Waals surface area contributed by atoms with E-state index < -0.39 is 10.1 Å². The summed E-state index contributed by atoms with van der Waals surface area (Å²) in [7, 11) is -4.23. The molecule has 1 aromatic rings. The van der Waals surface area contributed by atoms with Crippen molar-refractivity contribution in [2.45, 2.75) is 38.8 Å². The highest BCUT2D eigenvalue weighted by Gasteiger charge is 2.28. The van der Waals surface area contributed by atoms with Crippen molar-refractivity contribution in [1.82, 2.24) is 9.80 Å². The van der Waals surface area contributed by atoms with Crippen molar-refractivity contribution < 1.29 is 13.0 Å². The summed E-state index contributed by atoms with van der Waals surface area (Å²) in [5, 5.41) is 0. The lowest BCUT2D eigenvalue weighted by Gasteiger charge is -2.38. The van der Waals surface area contributed by atoms with Gasteiger partial charge in [0.15, 0.2) is 0 Å². The molecule has 1 N–H and O–H groups in total. The molecule has 0 heterocycles. The SMILES string of the molecule is CCN(CC)C(c1ccccc1S(=O)(=O)O)N(CC)CC. The van der Waals surface area contributed by atoms with Crippen LogP contribution >= 0.6 is 0 Å². The number of hydrogen-bond acceptors (Lipinski definition) is 4. The molecule has 1 aromatic carbocycles. The van der Waals surface area contributed by atoms with E-state index in [1.165, 1.54) is 6.07 Å². The summed E-state index contributed by atoms with van der Waals surface area (Å²) in [4.78, 5) is 4.38. The van der Waals surface area contributed by atoms with Gasteiger partial charge in [0.1, 0.15) is 0 Å². The molecular formula is C15H26N2O3S. The lowest BCUT2D eigenvalue weighted by atomic mass is 10.1. The number of nitrogens with zero attached hydrogens (tertiary/aromatic N) is 2. The summed E-state index contributed by atoms with van der Waals surface area (Å²) >= 11 is 0. The van der Waals surface area contributed by atoms with E-state index in [2.05, 4.69) is 37.5 Å². The third kappa shape index (κ3) is 4.26. The Morgan fingerprint density at radius 2 is 1.38 bits per heavy atom. The zero-order valence-corrected chi connectivity index (χ0v) is 14.1. The molecule has 0 saturated heterocycles. The first-order valence-electron chi connectivity index (χ1n) is 7.45. The van der Waals surface area contributed by atoms with Gasteiger partial charge in [0.05, 0.1) is 11.1 Å². The predicted octanol–water partition coefficient (Wildman–Crippen LogP) is 2.62. The molecule has 1 rings (SSSR count). The third-order valence-electron chi connectivity index (χ3n) is 3.79. The van der Waals surface area contributed by atoms with Gasteiger partial charge in [-0.1, -0.05) is 45.9 Å². The van der Waals surface area contributed by atoms with Crippen molar-refractivity contribution in [1.29, 1.82) is 0 Å². The summed E-state index contributed by atoms with van der Waals surface area (Å²) in [6.07, 6.45) is -0.159. The van der Waals surface area contributed by atoms with E-state index >= 15 is 0 Å². The summed E-state index contributed by atoms with van der Waals surface area (Å²) < 4.78 is 32.9. The van der Waals surface area contributed by atoms with Crippen LogP contribution in [0, 0.1) is 0 Å². The maximum Gasteiger partial charge on any atom is 0.294 e. The van der Waals surface area contributed by atoms with Crippen molar-refractivity contribution in [3.05, 3.63) is 29.8 Å². The van der Waals surface area contributed by atoms with Gasteiger partial charge in [-0.2, -0.15) is 8.42 Å². The Labute approximate surface area is 128 Å². The van der Waals surface area contributed by atoms with Gasteiger partial charge in [-0.15, -0.1) is 0 Å². The molecule has 0 spiro atoms. The van der Waals surface area contributed by atoms with Gasteiger partial charge in [0.2, 0.25) is 0 Å². The van der Waals surface area contributed by atoms with E-state index in [-0.39, 0.29) is 11.1 Å². The van der Waals surface area contributed by atoms with E-state index in [9.17, 15) is 13.0 Å². The van der Waals surface area contributed by atoms with Crippen molar-refractivity contribution in [2.75, 3.05) is 26.2 Å². The summed E-state index contributed by atoms with van der Waals surface area (Å²) in [5.74, 6) is 0. The minimum absolute atomic E-state index is 0.00574. The lowest BCUT2D eigenvalue weighted by Crippen LogP contribution is -2.42. The normalized spacial score (nSPS) is 12.6. The second kappa shape index (κ2) is 7.89. The standard InChI is InChI=1S/C15H26N2O3S/c1-5-16(6-2)15(17(7-3)8-4)13-11-9-10-12-14(13)21(18,19)20/h9-12,15H,5-8H2,1-4H3,(H,18,19,20). The quantitative estimate of drug-likeness (QED) is 0.590. The van der Waals surface area contributed by atoms with Crippen LogP contribution in [0.3, 0.4) is 0 Å². The first-order valence-corrected chi connectivity index (χ1v) is 8.89. The average Bonchev–Trinajstić information content (AvgIpc) is 2.47. The highest BCUT2D eigenvalue weighted by molar-refractivity contribution is 7.85. The summed E-state index contributed by atoms with van der Waals surface area (Å²) in [6.45, 7) is 11.4. The van der Waals surface area contributed by atoms with E-state index in [0.29, 0.717) is 5.56 Å². The molecule has 0 aromatic heterocycles. The van der Waals surface area contributed by atoms with E-state index in [1.54, 1.807) is 12.1 Å². The fourth-order valence-electron chi connectivity index (χ4n) is 2.69. The van der Waals surface area contributed by atoms with Gasteiger partial charge >= 0.3 is 0 Å². The van der Waals surface area contributed by atoms with Crippen LogP contribution in [-0.4, -0.2) is 48.9 Å². The number of hydrogen-bond donors (Lipinski definition) is 1. The average molecular weight is 314 g/mol. The molecule has 0 saturated carbocycles. The van der Waals surface area contributed by atoms with Gasteiger partial charge in [0.25, 0.3) is 10.1 Å². The number of rotatable bonds is 8. The molecular weight excluding hydrogens is 288 g/mol. The number of benzene rings is 1. The smallest absolute Gasteiger partial charge is 0.285 e. The minimum atomic E-state index is -4.23. The van der Waals surface area contributed by atoms with Crippen molar-refractivity contribution >= 4 is 10.1 Å². The molecule has 0 bridgehead atoms. The molecule has 0 radical (unpaired) electrons. The van der Waals surface area contributed by atoms with E-state index in [0.717, 1.165) is 26.2 Å². The van der Waals surface area contributed by atoms with Gasteiger partial charge in [-0.05, 0) is 32.2 Å². The second-order valence-electron chi connectivity index (χ2n) is 4.83. The van der Waals surface area contributed by atoms with Crippen LogP contribution in [0.5, 0.6) is 0 Å². The fraction of sp³-hybridized carbons (Fsp3) is 0.600. The van der Waals surface area contributed by atoms with Crippen LogP contribution in [0.15, 0.2) is 29.2 Å². The highest BCUT2D eigenvalue weighted by Crippen LogP contribution is 2.29. The molecule has 0 fully saturated rings. The second-order valence-corrected chi connectivity index (χ2v) is 6.22. The molecule has 0 aliphatic carbocycles. The largest absolute Gasteiger partial charge is 0.294 e. The molecule has 120 valence electrons. The highest BCUT2D eigenvalue weighted by atomic mass is 32.2. The third-order valence-corrected chi connectivity index (χ3v) is 4.72. The first-order chi connectivity index (χ1) is 9.90. The monoisotopic (exact) mass is 314 g/mol. The van der Waals surface area contributed by atoms with E-state index in [4.69, 9.17) is 0 Å². The Kier molecular flexibility index (Phi) is 6.80. The summed E-state index contributed by atoms with van der Waals surface area (Å²) in [5.41, 5.74) is 0.632. The van der Waals surface area contributed by atoms with Crippen LogP contribution < -0.4 is 0 Å². The molecule has 0 amide bonds. The first kappa shape index (κ1) is 18.1. The van der Waals surface area contributed by atoms with Crippen LogP contribution in [0.25, 0.3) is 0 Å². The summed E-state index contributed by atoms with van der Waals surface area (Å²) in [6, 6.07) is 6.69. The Bertz CT molecular complexity index is 526. The topological polar surface area (TPSA) is 60.9 Å². The molecule has 21 heavy (non-hydrogen) atoms. The fourth-order valence-corrected chi connectivity index (χ4v) is 3.41. The van der Waals surface area contributed by atoms with Gasteiger partial charge in [0, 0.05) is 5.56 Å². The predicted molar refractivity (Wildman–Crippen MR) is 84.8 cm³/mol. The zero-order chi connectivity index (χ0) is 16.0. The van der Waals surface area contributed by atoms with Gasteiger partial charge < -0.3 is 0 Å². The Morgan fingerprint density at radius 3 is 1.76 bits per heavy atom. The van der Waals surface area contributed by atoms with Crippen LogP contribution in [0.1, 0.15) is 39.4 Å². The molecule has 0 aliphatic rings. The molecule has 0 aliphatic heterocycles.